The lowest BCUT2D eigenvalue weighted by atomic mass is 10.2. The summed E-state index contributed by atoms with van der Waals surface area (Å²) in [5.41, 5.74) is -0.580. The number of benzene rings is 1. The maximum atomic E-state index is 13.1. The molecule has 0 heterocycles. The lowest BCUT2D eigenvalue weighted by Crippen LogP contribution is -1.89. The minimum Gasteiger partial charge on any atom is -0.312 e. The molecule has 0 amide bonds. The maximum absolute atomic E-state index is 13.1. The van der Waals surface area contributed by atoms with Crippen LogP contribution in [0.15, 0.2) is 12.1 Å². The normalized spacial score (nSPS) is 8.92. The van der Waals surface area contributed by atoms with Gasteiger partial charge in [0.05, 0.1) is 12.1 Å². The molecule has 1 aromatic rings. The number of halogens is 2. The van der Waals surface area contributed by atoms with Crippen LogP contribution in [0.5, 0.6) is 0 Å². The molecule has 0 aromatic heterocycles. The molecule has 4 heteroatoms. The Morgan fingerprint density at radius 2 is 1.92 bits per heavy atom. The molecule has 1 rings (SSSR count). The average Bonchev–Trinajstić information content (AvgIpc) is 2.11. The van der Waals surface area contributed by atoms with Crippen LogP contribution in [0.1, 0.15) is 5.56 Å². The predicted molar refractivity (Wildman–Crippen MR) is 42.9 cm³/mol. The lowest BCUT2D eigenvalue weighted by Gasteiger charge is -1.98. The summed E-state index contributed by atoms with van der Waals surface area (Å²) in [7, 11) is 0. The van der Waals surface area contributed by atoms with Crippen LogP contribution in [-0.4, -0.2) is 0 Å². The van der Waals surface area contributed by atoms with Gasteiger partial charge in [0.1, 0.15) is 11.6 Å². The molecule has 2 nitrogen and oxygen atoms in total. The predicted octanol–water partition coefficient (Wildman–Crippen LogP) is 2.93. The molecule has 0 spiro atoms. The molecule has 0 radical (unpaired) electrons. The second-order valence-electron chi connectivity index (χ2n) is 2.30. The minimum absolute atomic E-state index is 0.0578. The van der Waals surface area contributed by atoms with Crippen LogP contribution in [0.4, 0.5) is 14.5 Å². The van der Waals surface area contributed by atoms with Crippen molar-refractivity contribution in [3.63, 3.8) is 0 Å². The van der Waals surface area contributed by atoms with Gasteiger partial charge in [0.25, 0.3) is 5.69 Å². The van der Waals surface area contributed by atoms with Gasteiger partial charge in [-0.1, -0.05) is 0 Å². The Morgan fingerprint density at radius 3 is 2.46 bits per heavy atom. The molecule has 13 heavy (non-hydrogen) atoms. The van der Waals surface area contributed by atoms with E-state index in [9.17, 15) is 8.78 Å². The van der Waals surface area contributed by atoms with Crippen molar-refractivity contribution >= 4 is 5.69 Å². The van der Waals surface area contributed by atoms with Crippen LogP contribution < -0.4 is 0 Å². The highest BCUT2D eigenvalue weighted by Crippen LogP contribution is 2.25. The van der Waals surface area contributed by atoms with Crippen molar-refractivity contribution in [2.24, 2.45) is 0 Å². The van der Waals surface area contributed by atoms with Gasteiger partial charge < -0.3 is 4.85 Å². The van der Waals surface area contributed by atoms with Gasteiger partial charge in [-0.05, 0) is 12.1 Å². The van der Waals surface area contributed by atoms with E-state index in [1.165, 1.54) is 6.07 Å². The van der Waals surface area contributed by atoms with Gasteiger partial charge in [0.15, 0.2) is 0 Å². The van der Waals surface area contributed by atoms with Gasteiger partial charge in [-0.2, -0.15) is 0 Å². The fraction of sp³-hybridized carbons (Fsp3) is 0.111. The van der Waals surface area contributed by atoms with E-state index in [2.05, 4.69) is 9.69 Å². The zero-order chi connectivity index (χ0) is 9.84. The second-order valence-corrected chi connectivity index (χ2v) is 2.30. The molecule has 0 bridgehead atoms. The first kappa shape index (κ1) is 9.15. The van der Waals surface area contributed by atoms with Crippen molar-refractivity contribution in [2.75, 3.05) is 0 Å². The van der Waals surface area contributed by atoms with Crippen LogP contribution >= 0.6 is 0 Å². The van der Waals surface area contributed by atoms with Crippen molar-refractivity contribution in [1.29, 1.82) is 0 Å². The Morgan fingerprint density at radius 1 is 1.23 bits per heavy atom. The second kappa shape index (κ2) is 3.64. The number of nitrogens with zero attached hydrogens (tertiary/aromatic N) is 2. The van der Waals surface area contributed by atoms with Crippen LogP contribution in [0.25, 0.3) is 9.69 Å². The van der Waals surface area contributed by atoms with Crippen molar-refractivity contribution < 1.29 is 8.78 Å². The summed E-state index contributed by atoms with van der Waals surface area (Å²) >= 11 is 0. The van der Waals surface area contributed by atoms with E-state index in [-0.39, 0.29) is 12.1 Å². The minimum atomic E-state index is -0.925. The fourth-order valence-electron chi connectivity index (χ4n) is 0.893. The van der Waals surface area contributed by atoms with Gasteiger partial charge in [-0.25, -0.2) is 20.2 Å². The quantitative estimate of drug-likeness (QED) is 0.584. The van der Waals surface area contributed by atoms with Crippen molar-refractivity contribution in [3.05, 3.63) is 52.2 Å². The summed E-state index contributed by atoms with van der Waals surface area (Å²) in [4.78, 5) is 5.67. The summed E-state index contributed by atoms with van der Waals surface area (Å²) in [5, 5.41) is 0. The number of rotatable bonds is 1. The molecule has 0 aliphatic heterocycles. The van der Waals surface area contributed by atoms with E-state index in [0.717, 1.165) is 6.07 Å². The first-order valence-electron chi connectivity index (χ1n) is 3.38. The Balaban J connectivity index is 3.31. The molecule has 64 valence electrons. The molecule has 0 saturated carbocycles. The monoisotopic (exact) mass is 178 g/mol. The average molecular weight is 178 g/mol. The summed E-state index contributed by atoms with van der Waals surface area (Å²) < 4.78 is 25.9. The summed E-state index contributed by atoms with van der Waals surface area (Å²) in [5.74, 6) is -1.81. The Hall–Kier alpha value is -1.94. The van der Waals surface area contributed by atoms with E-state index in [1.807, 2.05) is 0 Å². The molecule has 0 N–H and O–H groups in total. The molecule has 0 aliphatic carbocycles. The van der Waals surface area contributed by atoms with Gasteiger partial charge in [-0.15, -0.1) is 0 Å². The number of hydrogen-bond acceptors (Lipinski definition) is 0. The first-order chi connectivity index (χ1) is 6.20. The molecule has 0 unspecified atom stereocenters. The van der Waals surface area contributed by atoms with E-state index in [1.54, 1.807) is 0 Å². The highest BCUT2D eigenvalue weighted by molar-refractivity contribution is 5.50. The van der Waals surface area contributed by atoms with E-state index < -0.39 is 17.3 Å². The highest BCUT2D eigenvalue weighted by Gasteiger charge is 2.14. The Labute approximate surface area is 74.1 Å². The third-order valence-electron chi connectivity index (χ3n) is 1.51. The third-order valence-corrected chi connectivity index (χ3v) is 1.51. The van der Waals surface area contributed by atoms with E-state index >= 15 is 0 Å². The summed E-state index contributed by atoms with van der Waals surface area (Å²) in [6.07, 6.45) is 0. The smallest absolute Gasteiger partial charge is 0.257 e. The largest absolute Gasteiger partial charge is 0.312 e. The van der Waals surface area contributed by atoms with Gasteiger partial charge >= 0.3 is 0 Å². The van der Waals surface area contributed by atoms with Crippen molar-refractivity contribution in [3.8, 4) is 0 Å². The summed E-state index contributed by atoms with van der Waals surface area (Å²) in [6, 6.07) is 2.17. The van der Waals surface area contributed by atoms with Gasteiger partial charge in [0.2, 0.25) is 6.54 Å². The van der Waals surface area contributed by atoms with Crippen LogP contribution in [-0.2, 0) is 6.54 Å². The van der Waals surface area contributed by atoms with E-state index in [0.29, 0.717) is 0 Å². The molecular weight excluding hydrogens is 174 g/mol. The Kier molecular flexibility index (Phi) is 2.56. The Bertz CT molecular complexity index is 413. The van der Waals surface area contributed by atoms with Crippen LogP contribution in [0.2, 0.25) is 0 Å². The molecule has 0 fully saturated rings. The summed E-state index contributed by atoms with van der Waals surface area (Å²) in [6.45, 7) is 12.9. The standard InChI is InChI=1S/C9H4F2N2/c1-12-5-6-3-4-7(10)9(13-2)8(6)11/h3-4H,5H2. The van der Waals surface area contributed by atoms with Gasteiger partial charge in [-0.3, -0.25) is 0 Å². The van der Waals surface area contributed by atoms with E-state index in [4.69, 9.17) is 13.1 Å². The topological polar surface area (TPSA) is 8.72 Å². The molecule has 1 aromatic carbocycles. The van der Waals surface area contributed by atoms with Crippen molar-refractivity contribution in [2.45, 2.75) is 6.54 Å². The highest BCUT2D eigenvalue weighted by atomic mass is 19.1. The van der Waals surface area contributed by atoms with Crippen molar-refractivity contribution in [1.82, 2.24) is 0 Å². The first-order valence-corrected chi connectivity index (χ1v) is 3.38. The molecular formula is C9H4F2N2. The zero-order valence-electron chi connectivity index (χ0n) is 6.51. The maximum Gasteiger partial charge on any atom is 0.257 e. The third kappa shape index (κ3) is 1.62. The molecule has 0 atom stereocenters. The van der Waals surface area contributed by atoms with Crippen LogP contribution in [0.3, 0.4) is 0 Å². The zero-order valence-corrected chi connectivity index (χ0v) is 6.51. The SMILES string of the molecule is [C-]#[N+]Cc1ccc(F)c([N+]#[C-])c1F. The number of hydrogen-bond donors (Lipinski definition) is 0. The fourth-order valence-corrected chi connectivity index (χ4v) is 0.893. The van der Waals surface area contributed by atoms with Gasteiger partial charge in [0, 0.05) is 0 Å². The molecule has 0 aliphatic rings. The van der Waals surface area contributed by atoms with Crippen LogP contribution in [0, 0.1) is 24.8 Å². The molecule has 0 saturated heterocycles. The lowest BCUT2D eigenvalue weighted by molar-refractivity contribution is 0.585.